The Hall–Kier alpha value is -0.290. The Balaban J connectivity index is 2.60. The predicted molar refractivity (Wildman–Crippen MR) is 72.3 cm³/mol. The van der Waals surface area contributed by atoms with Crippen LogP contribution in [0.2, 0.25) is 0 Å². The van der Waals surface area contributed by atoms with Crippen LogP contribution in [0.1, 0.15) is 20.8 Å². The highest BCUT2D eigenvalue weighted by Gasteiger charge is 2.23. The SMILES string of the molecule is CC(C)(C)C(CBr)CSc1nccc(=O)[nH]1. The molecule has 0 aliphatic rings. The Bertz CT molecular complexity index is 386. The number of H-pyrrole nitrogens is 1. The average Bonchev–Trinajstić information content (AvgIpc) is 2.16. The van der Waals surface area contributed by atoms with Gasteiger partial charge in [-0.2, -0.15) is 0 Å². The van der Waals surface area contributed by atoms with Gasteiger partial charge in [0.1, 0.15) is 0 Å². The van der Waals surface area contributed by atoms with Gasteiger partial charge in [0.25, 0.3) is 5.56 Å². The van der Waals surface area contributed by atoms with E-state index >= 15 is 0 Å². The minimum absolute atomic E-state index is 0.0938. The lowest BCUT2D eigenvalue weighted by atomic mass is 9.83. The molecule has 1 N–H and O–H groups in total. The maximum absolute atomic E-state index is 11.1. The van der Waals surface area contributed by atoms with E-state index in [1.54, 1.807) is 18.0 Å². The molecular weight excluding hydrogens is 288 g/mol. The largest absolute Gasteiger partial charge is 0.301 e. The van der Waals surface area contributed by atoms with Crippen LogP contribution < -0.4 is 5.56 Å². The summed E-state index contributed by atoms with van der Waals surface area (Å²) in [6.45, 7) is 6.67. The first-order valence-corrected chi connectivity index (χ1v) is 7.28. The number of alkyl halides is 1. The highest BCUT2D eigenvalue weighted by atomic mass is 79.9. The monoisotopic (exact) mass is 304 g/mol. The van der Waals surface area contributed by atoms with E-state index in [0.717, 1.165) is 11.1 Å². The lowest BCUT2D eigenvalue weighted by Crippen LogP contribution is -2.24. The molecule has 1 rings (SSSR count). The van der Waals surface area contributed by atoms with Crippen molar-refractivity contribution in [1.29, 1.82) is 0 Å². The third-order valence-electron chi connectivity index (χ3n) is 2.48. The molecule has 1 aromatic rings. The Kier molecular flexibility index (Phi) is 5.05. The van der Waals surface area contributed by atoms with Crippen molar-refractivity contribution in [2.45, 2.75) is 25.9 Å². The number of hydrogen-bond donors (Lipinski definition) is 1. The molecule has 0 saturated heterocycles. The lowest BCUT2D eigenvalue weighted by molar-refractivity contribution is 0.295. The Morgan fingerprint density at radius 1 is 1.56 bits per heavy atom. The second-order valence-corrected chi connectivity index (χ2v) is 6.42. The number of thioether (sulfide) groups is 1. The molecule has 5 heteroatoms. The third-order valence-corrected chi connectivity index (χ3v) is 4.31. The Morgan fingerprint density at radius 2 is 2.25 bits per heavy atom. The van der Waals surface area contributed by atoms with Crippen LogP contribution in [0.5, 0.6) is 0 Å². The number of nitrogens with one attached hydrogen (secondary N) is 1. The van der Waals surface area contributed by atoms with E-state index in [4.69, 9.17) is 0 Å². The summed E-state index contributed by atoms with van der Waals surface area (Å²) < 4.78 is 0. The number of rotatable bonds is 4. The number of hydrogen-bond acceptors (Lipinski definition) is 3. The van der Waals surface area contributed by atoms with Crippen LogP contribution in [0.25, 0.3) is 0 Å². The second-order valence-electron chi connectivity index (χ2n) is 4.77. The van der Waals surface area contributed by atoms with Gasteiger partial charge in [-0.05, 0) is 11.3 Å². The van der Waals surface area contributed by atoms with E-state index in [-0.39, 0.29) is 11.0 Å². The van der Waals surface area contributed by atoms with Crippen molar-refractivity contribution in [2.75, 3.05) is 11.1 Å². The number of aromatic amines is 1. The van der Waals surface area contributed by atoms with Crippen LogP contribution in [0.4, 0.5) is 0 Å². The summed E-state index contributed by atoms with van der Waals surface area (Å²) in [5.41, 5.74) is 0.162. The fraction of sp³-hybridized carbons (Fsp3) is 0.636. The molecule has 0 aromatic carbocycles. The first-order chi connectivity index (χ1) is 7.43. The molecule has 1 atom stereocenters. The number of nitrogens with zero attached hydrogens (tertiary/aromatic N) is 1. The van der Waals surface area contributed by atoms with Gasteiger partial charge in [0.15, 0.2) is 5.16 Å². The predicted octanol–water partition coefficient (Wildman–Crippen LogP) is 2.92. The van der Waals surface area contributed by atoms with Crippen LogP contribution in [-0.2, 0) is 0 Å². The van der Waals surface area contributed by atoms with E-state index in [1.807, 2.05) is 0 Å². The summed E-state index contributed by atoms with van der Waals surface area (Å²) >= 11 is 5.13. The van der Waals surface area contributed by atoms with Gasteiger partial charge in [-0.15, -0.1) is 0 Å². The quantitative estimate of drug-likeness (QED) is 0.528. The van der Waals surface area contributed by atoms with E-state index in [1.165, 1.54) is 6.07 Å². The molecule has 0 spiro atoms. The Morgan fingerprint density at radius 3 is 2.75 bits per heavy atom. The van der Waals surface area contributed by atoms with Crippen molar-refractivity contribution in [3.63, 3.8) is 0 Å². The summed E-state index contributed by atoms with van der Waals surface area (Å²) in [5, 5.41) is 1.66. The van der Waals surface area contributed by atoms with Gasteiger partial charge in [0.05, 0.1) is 0 Å². The molecule has 0 bridgehead atoms. The molecule has 1 heterocycles. The van der Waals surface area contributed by atoms with Crippen LogP contribution >= 0.6 is 27.7 Å². The van der Waals surface area contributed by atoms with Crippen molar-refractivity contribution >= 4 is 27.7 Å². The van der Waals surface area contributed by atoms with Gasteiger partial charge >= 0.3 is 0 Å². The molecule has 0 saturated carbocycles. The molecule has 1 aromatic heterocycles. The molecular formula is C11H17BrN2OS. The summed E-state index contributed by atoms with van der Waals surface area (Å²) in [5.74, 6) is 1.49. The number of halogens is 1. The van der Waals surface area contributed by atoms with E-state index < -0.39 is 0 Å². The van der Waals surface area contributed by atoms with Crippen LogP contribution in [0.3, 0.4) is 0 Å². The molecule has 1 unspecified atom stereocenters. The summed E-state index contributed by atoms with van der Waals surface area (Å²) in [4.78, 5) is 17.9. The zero-order chi connectivity index (χ0) is 12.2. The smallest absolute Gasteiger partial charge is 0.251 e. The molecule has 0 radical (unpaired) electrons. The normalized spacial score (nSPS) is 13.8. The zero-order valence-corrected chi connectivity index (χ0v) is 12.2. The summed E-state index contributed by atoms with van der Waals surface area (Å²) in [7, 11) is 0. The molecule has 90 valence electrons. The average molecular weight is 305 g/mol. The van der Waals surface area contributed by atoms with Crippen LogP contribution in [0, 0.1) is 11.3 Å². The minimum atomic E-state index is -0.0938. The van der Waals surface area contributed by atoms with Crippen molar-refractivity contribution in [1.82, 2.24) is 9.97 Å². The Labute approximate surface area is 109 Å². The van der Waals surface area contributed by atoms with Gasteiger partial charge in [0.2, 0.25) is 0 Å². The van der Waals surface area contributed by atoms with Crippen molar-refractivity contribution < 1.29 is 0 Å². The topological polar surface area (TPSA) is 45.8 Å². The van der Waals surface area contributed by atoms with Crippen LogP contribution in [-0.4, -0.2) is 21.1 Å². The molecule has 0 amide bonds. The van der Waals surface area contributed by atoms with Gasteiger partial charge < -0.3 is 4.98 Å². The second kappa shape index (κ2) is 5.87. The first kappa shape index (κ1) is 13.8. The lowest BCUT2D eigenvalue weighted by Gasteiger charge is -2.28. The van der Waals surface area contributed by atoms with Crippen molar-refractivity contribution in [2.24, 2.45) is 11.3 Å². The molecule has 0 aliphatic carbocycles. The maximum Gasteiger partial charge on any atom is 0.251 e. The summed E-state index contributed by atoms with van der Waals surface area (Å²) in [6.07, 6.45) is 1.54. The van der Waals surface area contributed by atoms with E-state index in [2.05, 4.69) is 46.7 Å². The highest BCUT2D eigenvalue weighted by Crippen LogP contribution is 2.31. The summed E-state index contributed by atoms with van der Waals surface area (Å²) in [6, 6.07) is 1.43. The van der Waals surface area contributed by atoms with Gasteiger partial charge in [-0.3, -0.25) is 4.79 Å². The zero-order valence-electron chi connectivity index (χ0n) is 9.79. The van der Waals surface area contributed by atoms with E-state index in [0.29, 0.717) is 11.1 Å². The molecule has 3 nitrogen and oxygen atoms in total. The van der Waals surface area contributed by atoms with Crippen molar-refractivity contribution in [3.8, 4) is 0 Å². The van der Waals surface area contributed by atoms with Gasteiger partial charge in [-0.25, -0.2) is 4.98 Å². The minimum Gasteiger partial charge on any atom is -0.301 e. The third kappa shape index (κ3) is 4.29. The maximum atomic E-state index is 11.1. The molecule has 0 aliphatic heterocycles. The fourth-order valence-corrected chi connectivity index (χ4v) is 3.92. The molecule has 16 heavy (non-hydrogen) atoms. The van der Waals surface area contributed by atoms with Crippen LogP contribution in [0.15, 0.2) is 22.2 Å². The van der Waals surface area contributed by atoms with Gasteiger partial charge in [0, 0.05) is 23.3 Å². The highest BCUT2D eigenvalue weighted by molar-refractivity contribution is 9.09. The number of aromatic nitrogens is 2. The fourth-order valence-electron chi connectivity index (χ4n) is 1.13. The van der Waals surface area contributed by atoms with Crippen molar-refractivity contribution in [3.05, 3.63) is 22.6 Å². The van der Waals surface area contributed by atoms with Gasteiger partial charge in [-0.1, -0.05) is 48.5 Å². The van der Waals surface area contributed by atoms with E-state index in [9.17, 15) is 4.79 Å². The standard InChI is InChI=1S/C11H17BrN2OS/c1-11(2,3)8(6-12)7-16-10-13-5-4-9(15)14-10/h4-5,8H,6-7H2,1-3H3,(H,13,14,15). The first-order valence-electron chi connectivity index (χ1n) is 5.17. The molecule has 0 fully saturated rings.